The van der Waals surface area contributed by atoms with Crippen molar-refractivity contribution in [3.63, 3.8) is 0 Å². The van der Waals surface area contributed by atoms with E-state index < -0.39 is 0 Å². The van der Waals surface area contributed by atoms with Crippen LogP contribution in [0.4, 0.5) is 0 Å². The van der Waals surface area contributed by atoms with Gasteiger partial charge in [-0.1, -0.05) is 138 Å². The number of nitrogens with zero attached hydrogens (tertiary/aromatic N) is 2. The lowest BCUT2D eigenvalue weighted by Crippen LogP contribution is -2.17. The van der Waals surface area contributed by atoms with Gasteiger partial charge in [0.1, 0.15) is 11.0 Å². The SMILES string of the molecule is CC(C)(C)c1ccc2c(c1)C(C)(C)c1cc(-c3cccc(-c4cccc(-c5ccc6c7ccccc7c7nsnc7c6c5)c4)c3)ccc1-2. The van der Waals surface area contributed by atoms with Crippen molar-refractivity contribution in [2.24, 2.45) is 0 Å². The van der Waals surface area contributed by atoms with E-state index in [-0.39, 0.29) is 10.8 Å². The standard InChI is InChI=1S/C45H36N2S/c1-44(2,3)33-18-21-37-36-20-17-32(25-40(36)45(4,5)41(37)26-33)30-13-9-11-28(23-30)27-10-8-12-29(22-27)31-16-19-35-34-14-6-7-15-38(34)42-43(39(35)24-31)47-48-46-42/h6-26H,1-5H3. The molecule has 0 aliphatic heterocycles. The molecular weight excluding hydrogens is 601 g/mol. The second-order valence-corrected chi connectivity index (χ2v) is 15.4. The van der Waals surface area contributed by atoms with Crippen molar-refractivity contribution in [2.45, 2.75) is 45.4 Å². The summed E-state index contributed by atoms with van der Waals surface area (Å²) < 4.78 is 9.39. The van der Waals surface area contributed by atoms with E-state index in [4.69, 9.17) is 4.37 Å². The van der Waals surface area contributed by atoms with Gasteiger partial charge in [-0.2, -0.15) is 8.75 Å². The fourth-order valence-corrected chi connectivity index (χ4v) is 8.34. The third kappa shape index (κ3) is 4.45. The monoisotopic (exact) mass is 636 g/mol. The maximum Gasteiger partial charge on any atom is 0.113 e. The molecule has 1 aromatic heterocycles. The highest BCUT2D eigenvalue weighted by molar-refractivity contribution is 7.00. The molecule has 0 fully saturated rings. The molecule has 0 saturated carbocycles. The number of fused-ring (bicyclic) bond motifs is 9. The van der Waals surface area contributed by atoms with Gasteiger partial charge in [-0.15, -0.1) is 0 Å². The van der Waals surface area contributed by atoms with Crippen LogP contribution in [0.1, 0.15) is 51.3 Å². The molecule has 0 spiro atoms. The minimum Gasteiger partial charge on any atom is -0.172 e. The molecule has 0 radical (unpaired) electrons. The molecule has 0 bridgehead atoms. The fourth-order valence-electron chi connectivity index (χ4n) is 7.76. The van der Waals surface area contributed by atoms with Crippen LogP contribution in [0.5, 0.6) is 0 Å². The second kappa shape index (κ2) is 10.4. The predicted octanol–water partition coefficient (Wildman–Crippen LogP) is 12.6. The Kier molecular flexibility index (Phi) is 6.32. The average molecular weight is 637 g/mol. The van der Waals surface area contributed by atoms with Crippen molar-refractivity contribution in [3.05, 3.63) is 144 Å². The maximum absolute atomic E-state index is 4.72. The average Bonchev–Trinajstić information content (AvgIpc) is 3.69. The minimum atomic E-state index is -0.0554. The molecule has 3 heteroatoms. The summed E-state index contributed by atoms with van der Waals surface area (Å²) in [6.45, 7) is 11.6. The van der Waals surface area contributed by atoms with Gasteiger partial charge in [0.25, 0.3) is 0 Å². The Morgan fingerprint density at radius 1 is 0.458 bits per heavy atom. The van der Waals surface area contributed by atoms with Gasteiger partial charge in [0.15, 0.2) is 0 Å². The first-order chi connectivity index (χ1) is 23.2. The molecule has 1 aliphatic carbocycles. The number of hydrogen-bond donors (Lipinski definition) is 0. The Bertz CT molecular complexity index is 2580. The van der Waals surface area contributed by atoms with Crippen LogP contribution in [0.15, 0.2) is 127 Å². The van der Waals surface area contributed by atoms with Gasteiger partial charge in [0.2, 0.25) is 0 Å². The Morgan fingerprint density at radius 3 is 1.60 bits per heavy atom. The molecule has 2 nitrogen and oxygen atoms in total. The van der Waals surface area contributed by atoms with Crippen LogP contribution in [0.3, 0.4) is 0 Å². The van der Waals surface area contributed by atoms with Crippen LogP contribution in [0.25, 0.3) is 77.1 Å². The molecule has 0 saturated heterocycles. The lowest BCUT2D eigenvalue weighted by molar-refractivity contribution is 0.584. The van der Waals surface area contributed by atoms with Crippen LogP contribution in [0.2, 0.25) is 0 Å². The van der Waals surface area contributed by atoms with Crippen LogP contribution < -0.4 is 0 Å². The minimum absolute atomic E-state index is 0.0554. The van der Waals surface area contributed by atoms with Gasteiger partial charge in [-0.05, 0) is 102 Å². The maximum atomic E-state index is 4.72. The molecule has 0 atom stereocenters. The van der Waals surface area contributed by atoms with Crippen LogP contribution in [-0.2, 0) is 10.8 Å². The van der Waals surface area contributed by atoms with E-state index in [0.717, 1.165) is 21.8 Å². The van der Waals surface area contributed by atoms with Gasteiger partial charge in [0, 0.05) is 16.2 Å². The topological polar surface area (TPSA) is 25.8 Å². The van der Waals surface area contributed by atoms with Crippen LogP contribution in [0, 0.1) is 0 Å². The highest BCUT2D eigenvalue weighted by Gasteiger charge is 2.36. The number of hydrogen-bond acceptors (Lipinski definition) is 3. The van der Waals surface area contributed by atoms with Crippen LogP contribution in [-0.4, -0.2) is 8.75 Å². The molecule has 9 rings (SSSR count). The summed E-state index contributed by atoms with van der Waals surface area (Å²) in [6.07, 6.45) is 0. The van der Waals surface area contributed by atoms with Gasteiger partial charge < -0.3 is 0 Å². The second-order valence-electron chi connectivity index (χ2n) is 14.8. The lowest BCUT2D eigenvalue weighted by Gasteiger charge is -2.25. The van der Waals surface area contributed by atoms with E-state index >= 15 is 0 Å². The quantitative estimate of drug-likeness (QED) is 0.180. The first kappa shape index (κ1) is 29.1. The molecule has 7 aromatic carbocycles. The smallest absolute Gasteiger partial charge is 0.113 e. The van der Waals surface area contributed by atoms with Gasteiger partial charge in [-0.3, -0.25) is 0 Å². The summed E-state index contributed by atoms with van der Waals surface area (Å²) >= 11 is 1.29. The number of benzene rings is 7. The molecule has 48 heavy (non-hydrogen) atoms. The molecule has 8 aromatic rings. The number of rotatable bonds is 3. The zero-order valence-electron chi connectivity index (χ0n) is 27.9. The Labute approximate surface area is 286 Å². The zero-order valence-corrected chi connectivity index (χ0v) is 28.7. The summed E-state index contributed by atoms with van der Waals surface area (Å²) in [6, 6.07) is 47.3. The molecule has 1 aliphatic rings. The third-order valence-electron chi connectivity index (χ3n) is 10.5. The Hall–Kier alpha value is -5.12. The Morgan fingerprint density at radius 2 is 0.958 bits per heavy atom. The predicted molar refractivity (Wildman–Crippen MR) is 205 cm³/mol. The fraction of sp³-hybridized carbons (Fsp3) is 0.156. The van der Waals surface area contributed by atoms with E-state index in [1.165, 1.54) is 83.7 Å². The normalized spacial score (nSPS) is 13.7. The highest BCUT2D eigenvalue weighted by Crippen LogP contribution is 2.50. The van der Waals surface area contributed by atoms with E-state index in [9.17, 15) is 0 Å². The van der Waals surface area contributed by atoms with E-state index in [1.54, 1.807) is 0 Å². The third-order valence-corrected chi connectivity index (χ3v) is 11.0. The summed E-state index contributed by atoms with van der Waals surface area (Å²) in [5, 5.41) is 4.75. The van der Waals surface area contributed by atoms with E-state index in [1.807, 2.05) is 0 Å². The van der Waals surface area contributed by atoms with Crippen molar-refractivity contribution in [1.82, 2.24) is 8.75 Å². The first-order valence-electron chi connectivity index (χ1n) is 16.7. The van der Waals surface area contributed by atoms with E-state index in [2.05, 4.69) is 166 Å². The van der Waals surface area contributed by atoms with Crippen molar-refractivity contribution in [3.8, 4) is 44.5 Å². The zero-order chi connectivity index (χ0) is 32.8. The molecule has 0 unspecified atom stereocenters. The summed E-state index contributed by atoms with van der Waals surface area (Å²) in [7, 11) is 0. The van der Waals surface area contributed by atoms with E-state index in [0.29, 0.717) is 0 Å². The largest absolute Gasteiger partial charge is 0.172 e. The van der Waals surface area contributed by atoms with Gasteiger partial charge in [0.05, 0.1) is 11.7 Å². The first-order valence-corrected chi connectivity index (χ1v) is 17.5. The van der Waals surface area contributed by atoms with Crippen molar-refractivity contribution in [1.29, 1.82) is 0 Å². The number of aromatic nitrogens is 2. The molecule has 0 amide bonds. The highest BCUT2D eigenvalue weighted by atomic mass is 32.1. The Balaban J connectivity index is 1.09. The van der Waals surface area contributed by atoms with Crippen molar-refractivity contribution >= 4 is 44.3 Å². The molecule has 1 heterocycles. The molecular formula is C45H36N2S. The van der Waals surface area contributed by atoms with Crippen molar-refractivity contribution in [2.75, 3.05) is 0 Å². The lowest BCUT2D eigenvalue weighted by atomic mass is 9.78. The summed E-state index contributed by atoms with van der Waals surface area (Å²) in [4.78, 5) is 0. The van der Waals surface area contributed by atoms with Gasteiger partial charge in [-0.25, -0.2) is 0 Å². The molecule has 0 N–H and O–H groups in total. The summed E-state index contributed by atoms with van der Waals surface area (Å²) in [5.74, 6) is 0. The van der Waals surface area contributed by atoms with Crippen molar-refractivity contribution < 1.29 is 0 Å². The van der Waals surface area contributed by atoms with Crippen LogP contribution >= 0.6 is 11.7 Å². The van der Waals surface area contributed by atoms with Gasteiger partial charge >= 0.3 is 0 Å². The molecule has 232 valence electrons. The summed E-state index contributed by atoms with van der Waals surface area (Å²) in [5.41, 5.74) is 16.3.